The van der Waals surface area contributed by atoms with Crippen LogP contribution in [-0.4, -0.2) is 48.0 Å². The van der Waals surface area contributed by atoms with Crippen molar-refractivity contribution >= 4 is 32.9 Å². The van der Waals surface area contributed by atoms with Gasteiger partial charge in [0.15, 0.2) is 15.7 Å². The van der Waals surface area contributed by atoms with Gasteiger partial charge in [0.25, 0.3) is 0 Å². The van der Waals surface area contributed by atoms with Gasteiger partial charge in [0.1, 0.15) is 10.7 Å². The zero-order chi connectivity index (χ0) is 12.5. The molecule has 1 aliphatic rings. The lowest BCUT2D eigenvalue weighted by Gasteiger charge is -2.28. The fourth-order valence-corrected chi connectivity index (χ4v) is 3.01. The summed E-state index contributed by atoms with van der Waals surface area (Å²) >= 11 is 4.89. The summed E-state index contributed by atoms with van der Waals surface area (Å²) in [6.07, 6.45) is 3.05. The summed E-state index contributed by atoms with van der Waals surface area (Å²) in [4.78, 5) is 10.3. The maximum Gasteiger partial charge on any atom is 0.157 e. The highest BCUT2D eigenvalue weighted by atomic mass is 32.2. The van der Waals surface area contributed by atoms with Crippen molar-refractivity contribution in [1.82, 2.24) is 9.97 Å². The Hall–Kier alpha value is -1.28. The molecule has 0 radical (unpaired) electrons. The average Bonchev–Trinajstić information content (AvgIpc) is 2.29. The van der Waals surface area contributed by atoms with Gasteiger partial charge in [-0.05, 0) is 0 Å². The van der Waals surface area contributed by atoms with Gasteiger partial charge in [-0.15, -0.1) is 0 Å². The SMILES string of the molecule is NC(=S)c1nccnc1N1CCS(=O)(=O)CC1. The van der Waals surface area contributed by atoms with E-state index in [1.54, 1.807) is 6.20 Å². The first-order chi connectivity index (χ1) is 7.99. The van der Waals surface area contributed by atoms with E-state index in [0.717, 1.165) is 0 Å². The molecule has 0 aliphatic carbocycles. The zero-order valence-corrected chi connectivity index (χ0v) is 10.7. The van der Waals surface area contributed by atoms with Gasteiger partial charge < -0.3 is 10.6 Å². The van der Waals surface area contributed by atoms with E-state index in [9.17, 15) is 8.42 Å². The Morgan fingerprint density at radius 2 is 1.88 bits per heavy atom. The molecule has 2 N–H and O–H groups in total. The molecule has 1 saturated heterocycles. The van der Waals surface area contributed by atoms with Crippen LogP contribution in [0.2, 0.25) is 0 Å². The second kappa shape index (κ2) is 4.53. The molecule has 2 rings (SSSR count). The summed E-state index contributed by atoms with van der Waals surface area (Å²) in [6, 6.07) is 0. The molecule has 0 spiro atoms. The highest BCUT2D eigenvalue weighted by molar-refractivity contribution is 7.91. The standard InChI is InChI=1S/C9H12N4O2S2/c10-8(16)7-9(12-2-1-11-7)13-3-5-17(14,15)6-4-13/h1-2H,3-6H2,(H2,10,16). The first-order valence-electron chi connectivity index (χ1n) is 5.06. The van der Waals surface area contributed by atoms with Crippen molar-refractivity contribution in [3.8, 4) is 0 Å². The smallest absolute Gasteiger partial charge is 0.157 e. The van der Waals surface area contributed by atoms with Gasteiger partial charge in [-0.25, -0.2) is 18.4 Å². The van der Waals surface area contributed by atoms with Gasteiger partial charge in [-0.3, -0.25) is 0 Å². The highest BCUT2D eigenvalue weighted by Gasteiger charge is 2.24. The molecule has 0 aromatic carbocycles. The average molecular weight is 272 g/mol. The van der Waals surface area contributed by atoms with E-state index < -0.39 is 9.84 Å². The van der Waals surface area contributed by atoms with Crippen LogP contribution in [-0.2, 0) is 9.84 Å². The van der Waals surface area contributed by atoms with Crippen LogP contribution < -0.4 is 10.6 Å². The van der Waals surface area contributed by atoms with E-state index in [-0.39, 0.29) is 16.5 Å². The Balaban J connectivity index is 2.27. The van der Waals surface area contributed by atoms with Crippen molar-refractivity contribution in [2.24, 2.45) is 5.73 Å². The Morgan fingerprint density at radius 3 is 2.47 bits per heavy atom. The van der Waals surface area contributed by atoms with E-state index >= 15 is 0 Å². The predicted octanol–water partition coefficient (Wildman–Crippen LogP) is -0.654. The van der Waals surface area contributed by atoms with E-state index in [1.165, 1.54) is 6.20 Å². The van der Waals surface area contributed by atoms with Crippen LogP contribution in [0.4, 0.5) is 5.82 Å². The maximum absolute atomic E-state index is 11.3. The third kappa shape index (κ3) is 2.70. The minimum Gasteiger partial charge on any atom is -0.388 e. The molecular formula is C9H12N4O2S2. The van der Waals surface area contributed by atoms with Crippen molar-refractivity contribution < 1.29 is 8.42 Å². The highest BCUT2D eigenvalue weighted by Crippen LogP contribution is 2.17. The molecule has 0 atom stereocenters. The summed E-state index contributed by atoms with van der Waals surface area (Å²) in [5.41, 5.74) is 6.00. The molecule has 0 bridgehead atoms. The van der Waals surface area contributed by atoms with Gasteiger partial charge in [0.2, 0.25) is 0 Å². The van der Waals surface area contributed by atoms with Crippen molar-refractivity contribution in [2.45, 2.75) is 0 Å². The molecule has 6 nitrogen and oxygen atoms in total. The summed E-state index contributed by atoms with van der Waals surface area (Å²) in [7, 11) is -2.91. The zero-order valence-electron chi connectivity index (χ0n) is 9.04. The van der Waals surface area contributed by atoms with Crippen LogP contribution in [0.15, 0.2) is 12.4 Å². The molecular weight excluding hydrogens is 260 g/mol. The fraction of sp³-hybridized carbons (Fsp3) is 0.444. The first kappa shape index (κ1) is 12.2. The second-order valence-electron chi connectivity index (χ2n) is 3.73. The molecule has 1 aromatic rings. The van der Waals surface area contributed by atoms with Crippen molar-refractivity contribution in [3.05, 3.63) is 18.1 Å². The molecule has 1 aliphatic heterocycles. The van der Waals surface area contributed by atoms with Crippen LogP contribution in [0, 0.1) is 0 Å². The normalized spacial score (nSPS) is 18.9. The molecule has 1 aromatic heterocycles. The number of hydrogen-bond acceptors (Lipinski definition) is 6. The van der Waals surface area contributed by atoms with E-state index in [0.29, 0.717) is 24.6 Å². The predicted molar refractivity (Wildman–Crippen MR) is 68.8 cm³/mol. The summed E-state index contributed by atoms with van der Waals surface area (Å²) < 4.78 is 22.7. The minimum absolute atomic E-state index is 0.125. The van der Waals surface area contributed by atoms with E-state index in [2.05, 4.69) is 9.97 Å². The molecule has 0 amide bonds. The van der Waals surface area contributed by atoms with Crippen molar-refractivity contribution in [3.63, 3.8) is 0 Å². The quantitative estimate of drug-likeness (QED) is 0.715. The lowest BCUT2D eigenvalue weighted by Crippen LogP contribution is -2.41. The number of aromatic nitrogens is 2. The monoisotopic (exact) mass is 272 g/mol. The van der Waals surface area contributed by atoms with Crippen molar-refractivity contribution in [1.29, 1.82) is 0 Å². The topological polar surface area (TPSA) is 89.2 Å². The first-order valence-corrected chi connectivity index (χ1v) is 7.29. The Labute approximate surface area is 105 Å². The number of nitrogens with zero attached hydrogens (tertiary/aromatic N) is 3. The van der Waals surface area contributed by atoms with Crippen LogP contribution in [0.25, 0.3) is 0 Å². The number of nitrogens with two attached hydrogens (primary N) is 1. The number of rotatable bonds is 2. The molecule has 17 heavy (non-hydrogen) atoms. The number of hydrogen-bond donors (Lipinski definition) is 1. The van der Waals surface area contributed by atoms with Gasteiger partial charge in [0.05, 0.1) is 11.5 Å². The Kier molecular flexibility index (Phi) is 3.25. The Morgan fingerprint density at radius 1 is 1.29 bits per heavy atom. The molecule has 1 fully saturated rings. The largest absolute Gasteiger partial charge is 0.388 e. The van der Waals surface area contributed by atoms with Gasteiger partial charge in [-0.1, -0.05) is 12.2 Å². The number of sulfone groups is 1. The lowest BCUT2D eigenvalue weighted by atomic mass is 10.3. The summed E-state index contributed by atoms with van der Waals surface area (Å²) in [5, 5.41) is 0. The Bertz CT molecular complexity index is 530. The molecule has 8 heteroatoms. The van der Waals surface area contributed by atoms with E-state index in [4.69, 9.17) is 18.0 Å². The van der Waals surface area contributed by atoms with Gasteiger partial charge >= 0.3 is 0 Å². The lowest BCUT2D eigenvalue weighted by molar-refractivity contribution is 0.586. The van der Waals surface area contributed by atoms with E-state index in [1.807, 2.05) is 4.90 Å². The van der Waals surface area contributed by atoms with Crippen LogP contribution in [0.3, 0.4) is 0 Å². The van der Waals surface area contributed by atoms with Gasteiger partial charge in [-0.2, -0.15) is 0 Å². The summed E-state index contributed by atoms with van der Waals surface area (Å²) in [6.45, 7) is 0.799. The maximum atomic E-state index is 11.3. The van der Waals surface area contributed by atoms with Crippen molar-refractivity contribution in [2.75, 3.05) is 29.5 Å². The summed E-state index contributed by atoms with van der Waals surface area (Å²) in [5.74, 6) is 0.815. The third-order valence-electron chi connectivity index (χ3n) is 2.56. The van der Waals surface area contributed by atoms with Gasteiger partial charge in [0, 0.05) is 25.5 Å². The molecule has 0 saturated carbocycles. The fourth-order valence-electron chi connectivity index (χ4n) is 1.66. The third-order valence-corrected chi connectivity index (χ3v) is 4.36. The molecule has 0 unspecified atom stereocenters. The van der Waals surface area contributed by atoms with Crippen LogP contribution >= 0.6 is 12.2 Å². The second-order valence-corrected chi connectivity index (χ2v) is 6.48. The van der Waals surface area contributed by atoms with Crippen LogP contribution in [0.5, 0.6) is 0 Å². The molecule has 92 valence electrons. The number of thiocarbonyl (C=S) groups is 1. The van der Waals surface area contributed by atoms with Crippen LogP contribution in [0.1, 0.15) is 5.69 Å². The minimum atomic E-state index is -2.91. The number of anilines is 1. The molecule has 2 heterocycles.